The first kappa shape index (κ1) is 10.4. The third-order valence-electron chi connectivity index (χ3n) is 1.40. The highest BCUT2D eigenvalue weighted by Gasteiger charge is 2.08. The minimum absolute atomic E-state index is 0.0122. The second-order valence-electron chi connectivity index (χ2n) is 3.03. The van der Waals surface area contributed by atoms with Crippen LogP contribution in [0.1, 0.15) is 16.2 Å². The summed E-state index contributed by atoms with van der Waals surface area (Å²) in [6.45, 7) is 1.72. The molecule has 0 aliphatic carbocycles. The predicted molar refractivity (Wildman–Crippen MR) is 51.0 cm³/mol. The van der Waals surface area contributed by atoms with Crippen LogP contribution >= 0.6 is 0 Å². The van der Waals surface area contributed by atoms with Gasteiger partial charge in [-0.25, -0.2) is 19.8 Å². The Morgan fingerprint density at radius 3 is 2.64 bits per heavy atom. The molecule has 0 fully saturated rings. The van der Waals surface area contributed by atoms with E-state index in [1.807, 2.05) is 0 Å². The van der Waals surface area contributed by atoms with Gasteiger partial charge in [-0.15, -0.1) is 0 Å². The zero-order chi connectivity index (χ0) is 10.7. The summed E-state index contributed by atoms with van der Waals surface area (Å²) in [5.74, 6) is -0.773. The van der Waals surface area contributed by atoms with Gasteiger partial charge in [0.25, 0.3) is 0 Å². The SMILES string of the molecule is Cc1cc(C(=O)O)nc(NN(C)C)n1. The van der Waals surface area contributed by atoms with Gasteiger partial charge in [-0.2, -0.15) is 0 Å². The van der Waals surface area contributed by atoms with Crippen LogP contribution in [0.4, 0.5) is 5.95 Å². The molecule has 14 heavy (non-hydrogen) atoms. The fourth-order valence-corrected chi connectivity index (χ4v) is 0.928. The van der Waals surface area contributed by atoms with E-state index in [4.69, 9.17) is 5.11 Å². The first-order chi connectivity index (χ1) is 6.49. The number of rotatable bonds is 3. The Kier molecular flexibility index (Phi) is 2.98. The maximum atomic E-state index is 10.7. The molecule has 1 rings (SSSR count). The molecular weight excluding hydrogens is 184 g/mol. The molecule has 6 heteroatoms. The summed E-state index contributed by atoms with van der Waals surface area (Å²) in [7, 11) is 3.54. The Hall–Kier alpha value is -1.69. The lowest BCUT2D eigenvalue weighted by Crippen LogP contribution is -2.22. The van der Waals surface area contributed by atoms with E-state index in [-0.39, 0.29) is 11.6 Å². The van der Waals surface area contributed by atoms with E-state index in [0.717, 1.165) is 0 Å². The monoisotopic (exact) mass is 196 g/mol. The zero-order valence-corrected chi connectivity index (χ0v) is 8.27. The van der Waals surface area contributed by atoms with Gasteiger partial charge in [0.15, 0.2) is 5.69 Å². The first-order valence-corrected chi connectivity index (χ1v) is 4.02. The Balaban J connectivity index is 3.01. The van der Waals surface area contributed by atoms with Crippen molar-refractivity contribution in [2.24, 2.45) is 0 Å². The molecule has 0 radical (unpaired) electrons. The average Bonchev–Trinajstić information content (AvgIpc) is 2.01. The molecule has 1 aromatic rings. The van der Waals surface area contributed by atoms with Crippen molar-refractivity contribution in [3.63, 3.8) is 0 Å². The van der Waals surface area contributed by atoms with E-state index in [0.29, 0.717) is 5.69 Å². The number of nitrogens with one attached hydrogen (secondary N) is 1. The third kappa shape index (κ3) is 2.67. The van der Waals surface area contributed by atoms with E-state index in [1.165, 1.54) is 6.07 Å². The standard InChI is InChI=1S/C8H12N4O2/c1-5-4-6(7(13)14)10-8(9-5)11-12(2)3/h4H,1-3H3,(H,13,14)(H,9,10,11). The van der Waals surface area contributed by atoms with Crippen molar-refractivity contribution >= 4 is 11.9 Å². The number of hydrazine groups is 1. The van der Waals surface area contributed by atoms with Crippen molar-refractivity contribution in [1.29, 1.82) is 0 Å². The lowest BCUT2D eigenvalue weighted by atomic mass is 10.3. The van der Waals surface area contributed by atoms with Crippen LogP contribution in [0.3, 0.4) is 0 Å². The van der Waals surface area contributed by atoms with Crippen LogP contribution in [0, 0.1) is 6.92 Å². The van der Waals surface area contributed by atoms with E-state index >= 15 is 0 Å². The van der Waals surface area contributed by atoms with Crippen LogP contribution in [0.25, 0.3) is 0 Å². The highest BCUT2D eigenvalue weighted by atomic mass is 16.4. The smallest absolute Gasteiger partial charge is 0.354 e. The number of carboxylic acid groups (broad SMARTS) is 1. The van der Waals surface area contributed by atoms with Crippen LogP contribution in [0.15, 0.2) is 6.07 Å². The topological polar surface area (TPSA) is 78.3 Å². The van der Waals surface area contributed by atoms with Gasteiger partial charge >= 0.3 is 5.97 Å². The normalized spacial score (nSPS) is 10.3. The number of aromatic nitrogens is 2. The Bertz CT molecular complexity index is 351. The maximum absolute atomic E-state index is 10.7. The molecule has 0 aliphatic heterocycles. The first-order valence-electron chi connectivity index (χ1n) is 4.02. The van der Waals surface area contributed by atoms with Crippen LogP contribution in [0.2, 0.25) is 0 Å². The van der Waals surface area contributed by atoms with Gasteiger partial charge < -0.3 is 5.11 Å². The lowest BCUT2D eigenvalue weighted by Gasteiger charge is -2.12. The molecule has 0 spiro atoms. The minimum Gasteiger partial charge on any atom is -0.477 e. The quantitative estimate of drug-likeness (QED) is 0.680. The summed E-state index contributed by atoms with van der Waals surface area (Å²) in [5.41, 5.74) is 3.39. The fraction of sp³-hybridized carbons (Fsp3) is 0.375. The Labute approximate surface area is 81.6 Å². The van der Waals surface area contributed by atoms with E-state index in [1.54, 1.807) is 26.0 Å². The van der Waals surface area contributed by atoms with Gasteiger partial charge in [-0.05, 0) is 13.0 Å². The van der Waals surface area contributed by atoms with Crippen molar-refractivity contribution in [3.8, 4) is 0 Å². The number of anilines is 1. The van der Waals surface area contributed by atoms with Crippen molar-refractivity contribution in [2.75, 3.05) is 19.5 Å². The molecule has 6 nitrogen and oxygen atoms in total. The average molecular weight is 196 g/mol. The summed E-state index contributed by atoms with van der Waals surface area (Å²) in [6, 6.07) is 1.42. The minimum atomic E-state index is -1.06. The van der Waals surface area contributed by atoms with E-state index in [2.05, 4.69) is 15.4 Å². The maximum Gasteiger partial charge on any atom is 0.354 e. The van der Waals surface area contributed by atoms with Gasteiger partial charge in [0.1, 0.15) is 0 Å². The van der Waals surface area contributed by atoms with Gasteiger partial charge in [0.2, 0.25) is 5.95 Å². The van der Waals surface area contributed by atoms with Gasteiger partial charge in [-0.3, -0.25) is 5.43 Å². The number of aromatic carboxylic acids is 1. The molecule has 1 aromatic heterocycles. The highest BCUT2D eigenvalue weighted by molar-refractivity contribution is 5.85. The molecule has 76 valence electrons. The summed E-state index contributed by atoms with van der Waals surface area (Å²) < 4.78 is 0. The summed E-state index contributed by atoms with van der Waals surface area (Å²) in [5, 5.41) is 10.4. The highest BCUT2D eigenvalue weighted by Crippen LogP contribution is 2.04. The molecular formula is C8H12N4O2. The number of hydrogen-bond acceptors (Lipinski definition) is 5. The number of nitrogens with zero attached hydrogens (tertiary/aromatic N) is 3. The molecule has 0 saturated heterocycles. The number of hydrogen-bond donors (Lipinski definition) is 2. The van der Waals surface area contributed by atoms with Crippen LogP contribution in [-0.4, -0.2) is 40.1 Å². The third-order valence-corrected chi connectivity index (χ3v) is 1.40. The van der Waals surface area contributed by atoms with Crippen molar-refractivity contribution in [1.82, 2.24) is 15.0 Å². The fourth-order valence-electron chi connectivity index (χ4n) is 0.928. The van der Waals surface area contributed by atoms with Gasteiger partial charge in [0, 0.05) is 19.8 Å². The van der Waals surface area contributed by atoms with Crippen molar-refractivity contribution < 1.29 is 9.90 Å². The zero-order valence-electron chi connectivity index (χ0n) is 8.27. The largest absolute Gasteiger partial charge is 0.477 e. The van der Waals surface area contributed by atoms with Crippen LogP contribution in [-0.2, 0) is 0 Å². The van der Waals surface area contributed by atoms with E-state index in [9.17, 15) is 4.79 Å². The molecule has 0 amide bonds. The van der Waals surface area contributed by atoms with E-state index < -0.39 is 5.97 Å². The number of carbonyl (C=O) groups is 1. The number of carboxylic acids is 1. The molecule has 0 aliphatic rings. The lowest BCUT2D eigenvalue weighted by molar-refractivity contribution is 0.0690. The molecule has 0 atom stereocenters. The molecule has 0 unspecified atom stereocenters. The van der Waals surface area contributed by atoms with Gasteiger partial charge in [-0.1, -0.05) is 0 Å². The second-order valence-corrected chi connectivity index (χ2v) is 3.03. The molecule has 2 N–H and O–H groups in total. The second kappa shape index (κ2) is 4.01. The van der Waals surface area contributed by atoms with Crippen LogP contribution < -0.4 is 5.43 Å². The number of aryl methyl sites for hydroxylation is 1. The molecule has 0 bridgehead atoms. The Morgan fingerprint density at radius 1 is 1.50 bits per heavy atom. The van der Waals surface area contributed by atoms with Crippen molar-refractivity contribution in [2.45, 2.75) is 6.92 Å². The predicted octanol–water partition coefficient (Wildman–Crippen LogP) is 0.372. The van der Waals surface area contributed by atoms with Crippen LogP contribution in [0.5, 0.6) is 0 Å². The Morgan fingerprint density at radius 2 is 2.14 bits per heavy atom. The summed E-state index contributed by atoms with van der Waals surface area (Å²) in [6.07, 6.45) is 0. The van der Waals surface area contributed by atoms with Crippen molar-refractivity contribution in [3.05, 3.63) is 17.5 Å². The molecule has 0 aromatic carbocycles. The molecule has 0 saturated carbocycles. The summed E-state index contributed by atoms with van der Waals surface area (Å²) >= 11 is 0. The summed E-state index contributed by atoms with van der Waals surface area (Å²) in [4.78, 5) is 18.5. The van der Waals surface area contributed by atoms with Gasteiger partial charge in [0.05, 0.1) is 0 Å². The molecule has 1 heterocycles.